The number of carbonyl (C=O) groups excluding carboxylic acids is 1. The Kier molecular flexibility index (Phi) is 7.69. The van der Waals surface area contributed by atoms with E-state index < -0.39 is 0 Å². The molecule has 0 spiro atoms. The van der Waals surface area contributed by atoms with Crippen LogP contribution < -0.4 is 5.84 Å². The van der Waals surface area contributed by atoms with E-state index in [4.69, 9.17) is 5.84 Å². The monoisotopic (exact) mass is 186 g/mol. The van der Waals surface area contributed by atoms with E-state index in [1.54, 1.807) is 0 Å². The molecule has 13 heavy (non-hydrogen) atoms. The normalized spacial score (nSPS) is 10.1. The van der Waals surface area contributed by atoms with Gasteiger partial charge in [0, 0.05) is 13.0 Å². The number of unbranched alkanes of at least 4 members (excludes halogenated alkanes) is 3. The van der Waals surface area contributed by atoms with Crippen molar-refractivity contribution in [3.05, 3.63) is 0 Å². The number of hydrazine groups is 1. The zero-order valence-electron chi connectivity index (χ0n) is 8.88. The van der Waals surface area contributed by atoms with Gasteiger partial charge < -0.3 is 0 Å². The first kappa shape index (κ1) is 12.4. The number of nitrogens with two attached hydrogens (primary N) is 1. The molecule has 0 aromatic rings. The van der Waals surface area contributed by atoms with Crippen molar-refractivity contribution in [2.24, 2.45) is 5.84 Å². The second-order valence-corrected chi connectivity index (χ2v) is 3.40. The van der Waals surface area contributed by atoms with Crippen molar-refractivity contribution in [1.82, 2.24) is 5.01 Å². The number of rotatable bonds is 7. The summed E-state index contributed by atoms with van der Waals surface area (Å²) in [6.45, 7) is 4.92. The third kappa shape index (κ3) is 6.58. The molecular formula is C10H22N2O. The third-order valence-corrected chi connectivity index (χ3v) is 2.07. The van der Waals surface area contributed by atoms with E-state index in [1.165, 1.54) is 5.01 Å². The fourth-order valence-corrected chi connectivity index (χ4v) is 1.12. The highest BCUT2D eigenvalue weighted by Gasteiger charge is 2.07. The summed E-state index contributed by atoms with van der Waals surface area (Å²) < 4.78 is 0. The lowest BCUT2D eigenvalue weighted by molar-refractivity contribution is -0.131. The van der Waals surface area contributed by atoms with Crippen molar-refractivity contribution >= 4 is 5.91 Å². The van der Waals surface area contributed by atoms with Crippen LogP contribution in [0.2, 0.25) is 0 Å². The topological polar surface area (TPSA) is 46.3 Å². The fourth-order valence-electron chi connectivity index (χ4n) is 1.12. The van der Waals surface area contributed by atoms with Crippen molar-refractivity contribution < 1.29 is 4.79 Å². The maximum atomic E-state index is 11.3. The van der Waals surface area contributed by atoms with E-state index in [-0.39, 0.29) is 5.91 Å². The van der Waals surface area contributed by atoms with Crippen LogP contribution in [0.4, 0.5) is 0 Å². The highest BCUT2D eigenvalue weighted by Crippen LogP contribution is 2.01. The summed E-state index contributed by atoms with van der Waals surface area (Å²) in [5.74, 6) is 5.65. The molecule has 0 aromatic heterocycles. The Labute approximate surface area is 81.3 Å². The third-order valence-electron chi connectivity index (χ3n) is 2.07. The van der Waals surface area contributed by atoms with Gasteiger partial charge in [0.1, 0.15) is 0 Å². The highest BCUT2D eigenvalue weighted by molar-refractivity contribution is 5.75. The van der Waals surface area contributed by atoms with Crippen LogP contribution in [0.15, 0.2) is 0 Å². The molecule has 0 rings (SSSR count). The second kappa shape index (κ2) is 8.05. The van der Waals surface area contributed by atoms with Gasteiger partial charge in [-0.15, -0.1) is 0 Å². The summed E-state index contributed by atoms with van der Waals surface area (Å²) in [4.78, 5) is 11.3. The van der Waals surface area contributed by atoms with Gasteiger partial charge in [-0.25, -0.2) is 5.84 Å². The summed E-state index contributed by atoms with van der Waals surface area (Å²) in [7, 11) is 0. The molecule has 78 valence electrons. The largest absolute Gasteiger partial charge is 0.281 e. The van der Waals surface area contributed by atoms with Crippen molar-refractivity contribution in [3.63, 3.8) is 0 Å². The first-order valence-electron chi connectivity index (χ1n) is 5.27. The van der Waals surface area contributed by atoms with E-state index in [0.29, 0.717) is 13.0 Å². The van der Waals surface area contributed by atoms with Crippen molar-refractivity contribution in [1.29, 1.82) is 0 Å². The van der Waals surface area contributed by atoms with Crippen LogP contribution in [0.5, 0.6) is 0 Å². The molecule has 0 atom stereocenters. The molecule has 0 fully saturated rings. The Hall–Kier alpha value is -0.570. The lowest BCUT2D eigenvalue weighted by Gasteiger charge is -2.15. The molecule has 0 bridgehead atoms. The van der Waals surface area contributed by atoms with E-state index in [2.05, 4.69) is 13.8 Å². The van der Waals surface area contributed by atoms with Crippen molar-refractivity contribution in [3.8, 4) is 0 Å². The minimum atomic E-state index is 0.0851. The number of hydrogen-bond acceptors (Lipinski definition) is 2. The lowest BCUT2D eigenvalue weighted by Crippen LogP contribution is -2.37. The zero-order valence-corrected chi connectivity index (χ0v) is 8.88. The summed E-state index contributed by atoms with van der Waals surface area (Å²) in [6, 6.07) is 0. The first-order chi connectivity index (χ1) is 6.22. The van der Waals surface area contributed by atoms with Crippen molar-refractivity contribution in [2.45, 2.75) is 52.4 Å². The molecule has 3 heteroatoms. The Morgan fingerprint density at radius 3 is 2.31 bits per heavy atom. The fraction of sp³-hybridized carbons (Fsp3) is 0.900. The van der Waals surface area contributed by atoms with Crippen LogP contribution in [-0.2, 0) is 4.79 Å². The van der Waals surface area contributed by atoms with Gasteiger partial charge in [-0.3, -0.25) is 9.80 Å². The minimum absolute atomic E-state index is 0.0851. The average Bonchev–Trinajstić information content (AvgIpc) is 2.14. The van der Waals surface area contributed by atoms with E-state index in [9.17, 15) is 4.79 Å². The van der Waals surface area contributed by atoms with Gasteiger partial charge in [-0.05, 0) is 12.8 Å². The van der Waals surface area contributed by atoms with Gasteiger partial charge in [0.25, 0.3) is 0 Å². The Morgan fingerprint density at radius 1 is 1.15 bits per heavy atom. The summed E-state index contributed by atoms with van der Waals surface area (Å²) in [6.07, 6.45) is 5.91. The quantitative estimate of drug-likeness (QED) is 0.286. The van der Waals surface area contributed by atoms with Crippen LogP contribution in [0.3, 0.4) is 0 Å². The molecular weight excluding hydrogens is 164 g/mol. The summed E-state index contributed by atoms with van der Waals surface area (Å²) in [5.41, 5.74) is 0. The molecule has 0 heterocycles. The van der Waals surface area contributed by atoms with Gasteiger partial charge in [0.2, 0.25) is 5.91 Å². The van der Waals surface area contributed by atoms with Gasteiger partial charge in [-0.1, -0.05) is 33.1 Å². The molecule has 3 nitrogen and oxygen atoms in total. The van der Waals surface area contributed by atoms with Crippen LogP contribution in [0.1, 0.15) is 52.4 Å². The Balaban J connectivity index is 3.45. The predicted molar refractivity (Wildman–Crippen MR) is 55.0 cm³/mol. The van der Waals surface area contributed by atoms with Crippen LogP contribution >= 0.6 is 0 Å². The minimum Gasteiger partial charge on any atom is -0.281 e. The molecule has 0 radical (unpaired) electrons. The number of carbonyl (C=O) groups is 1. The molecule has 2 N–H and O–H groups in total. The lowest BCUT2D eigenvalue weighted by atomic mass is 10.2. The van der Waals surface area contributed by atoms with Gasteiger partial charge >= 0.3 is 0 Å². The average molecular weight is 186 g/mol. The van der Waals surface area contributed by atoms with Gasteiger partial charge in [0.15, 0.2) is 0 Å². The number of hydrogen-bond donors (Lipinski definition) is 1. The molecule has 0 aliphatic carbocycles. The Morgan fingerprint density at radius 2 is 1.77 bits per heavy atom. The maximum Gasteiger partial charge on any atom is 0.236 e. The van der Waals surface area contributed by atoms with Crippen LogP contribution in [-0.4, -0.2) is 17.5 Å². The van der Waals surface area contributed by atoms with Crippen LogP contribution in [0, 0.1) is 0 Å². The molecule has 0 saturated carbocycles. The molecule has 0 saturated heterocycles. The summed E-state index contributed by atoms with van der Waals surface area (Å²) >= 11 is 0. The van der Waals surface area contributed by atoms with E-state index in [0.717, 1.165) is 32.1 Å². The first-order valence-corrected chi connectivity index (χ1v) is 5.27. The van der Waals surface area contributed by atoms with E-state index in [1.807, 2.05) is 0 Å². The van der Waals surface area contributed by atoms with Crippen LogP contribution in [0.25, 0.3) is 0 Å². The maximum absolute atomic E-state index is 11.3. The molecule has 1 amide bonds. The SMILES string of the molecule is CCCCCC(=O)N(N)CCCC. The molecule has 0 aromatic carbocycles. The van der Waals surface area contributed by atoms with Gasteiger partial charge in [-0.2, -0.15) is 0 Å². The van der Waals surface area contributed by atoms with Crippen molar-refractivity contribution in [2.75, 3.05) is 6.54 Å². The predicted octanol–water partition coefficient (Wildman–Crippen LogP) is 2.07. The molecule has 0 unspecified atom stereocenters. The number of nitrogens with zero attached hydrogens (tertiary/aromatic N) is 1. The molecule has 0 aliphatic heterocycles. The summed E-state index contributed by atoms with van der Waals surface area (Å²) in [5, 5.41) is 1.36. The second-order valence-electron chi connectivity index (χ2n) is 3.40. The van der Waals surface area contributed by atoms with E-state index >= 15 is 0 Å². The standard InChI is InChI=1S/C10H22N2O/c1-3-5-7-8-10(13)12(11)9-6-4-2/h3-9,11H2,1-2H3. The van der Waals surface area contributed by atoms with Gasteiger partial charge in [0.05, 0.1) is 0 Å². The smallest absolute Gasteiger partial charge is 0.236 e. The Bertz CT molecular complexity index is 137. The highest BCUT2D eigenvalue weighted by atomic mass is 16.2. The molecule has 0 aliphatic rings. The zero-order chi connectivity index (χ0) is 10.1. The number of amides is 1.